The van der Waals surface area contributed by atoms with Crippen LogP contribution in [0.25, 0.3) is 11.1 Å². The third-order valence-electron chi connectivity index (χ3n) is 7.18. The lowest BCUT2D eigenvalue weighted by molar-refractivity contribution is -0.124. The topological polar surface area (TPSA) is 104 Å². The summed E-state index contributed by atoms with van der Waals surface area (Å²) >= 11 is 0. The smallest absolute Gasteiger partial charge is 0.238 e. The first-order chi connectivity index (χ1) is 14.5. The lowest BCUT2D eigenvalue weighted by atomic mass is 9.94. The maximum Gasteiger partial charge on any atom is 0.238 e. The maximum absolute atomic E-state index is 14.7. The molecular weight excluding hydrogens is 381 g/mol. The molecule has 2 aromatic rings. The first-order valence-corrected chi connectivity index (χ1v) is 10.4. The maximum atomic E-state index is 14.7. The monoisotopic (exact) mass is 405 g/mol. The molecule has 1 saturated heterocycles. The molecule has 7 atom stereocenters. The molecule has 2 bridgehead atoms. The van der Waals surface area contributed by atoms with E-state index in [2.05, 4.69) is 28.6 Å². The molecule has 4 N–H and O–H groups in total. The molecule has 7 heteroatoms. The number of rotatable bonds is 5. The number of nitrogens with one attached hydrogen (secondary N) is 2. The summed E-state index contributed by atoms with van der Waals surface area (Å²) in [6.45, 7) is 2.25. The van der Waals surface area contributed by atoms with Crippen LogP contribution in [-0.2, 0) is 11.2 Å². The van der Waals surface area contributed by atoms with E-state index in [4.69, 9.17) is 5.73 Å². The third-order valence-corrected chi connectivity index (χ3v) is 7.18. The van der Waals surface area contributed by atoms with Gasteiger partial charge in [-0.3, -0.25) is 4.79 Å². The van der Waals surface area contributed by atoms with Gasteiger partial charge < -0.3 is 16.4 Å². The average Bonchev–Trinajstić information content (AvgIpc) is 3.10. The molecule has 0 unspecified atom stereocenters. The first-order valence-electron chi connectivity index (χ1n) is 10.4. The SMILES string of the molecule is C[C@H]1[C@H]2[C@H]3C[C@H](N[C@@H]3C(=O)N[C@H](C#N)Cc3ccc(-c4ccc(N)nc4)cc3F)[C@@H]12. The van der Waals surface area contributed by atoms with Crippen LogP contribution in [0.3, 0.4) is 0 Å². The Balaban J connectivity index is 1.25. The Morgan fingerprint density at radius 3 is 2.83 bits per heavy atom. The summed E-state index contributed by atoms with van der Waals surface area (Å²) in [4.78, 5) is 16.8. The van der Waals surface area contributed by atoms with E-state index < -0.39 is 11.9 Å². The zero-order valence-electron chi connectivity index (χ0n) is 16.7. The number of nitrogen functional groups attached to an aromatic ring is 1. The highest BCUT2D eigenvalue weighted by Crippen LogP contribution is 2.64. The molecule has 2 aliphatic carbocycles. The van der Waals surface area contributed by atoms with Gasteiger partial charge in [-0.15, -0.1) is 0 Å². The van der Waals surface area contributed by atoms with Crippen molar-refractivity contribution in [1.82, 2.24) is 15.6 Å². The van der Waals surface area contributed by atoms with Gasteiger partial charge in [0.15, 0.2) is 0 Å². The van der Waals surface area contributed by atoms with Crippen molar-refractivity contribution in [3.63, 3.8) is 0 Å². The zero-order valence-corrected chi connectivity index (χ0v) is 16.7. The van der Waals surface area contributed by atoms with Crippen molar-refractivity contribution in [3.8, 4) is 17.2 Å². The number of amides is 1. The second-order valence-electron chi connectivity index (χ2n) is 8.84. The number of benzene rings is 1. The number of nitriles is 1. The van der Waals surface area contributed by atoms with Gasteiger partial charge in [-0.1, -0.05) is 19.1 Å². The first kappa shape index (κ1) is 19.0. The summed E-state index contributed by atoms with van der Waals surface area (Å²) in [6, 6.07) is 9.84. The zero-order chi connectivity index (χ0) is 21.0. The Labute approximate surface area is 174 Å². The number of carbonyl (C=O) groups is 1. The Morgan fingerprint density at radius 1 is 1.37 bits per heavy atom. The molecule has 154 valence electrons. The largest absolute Gasteiger partial charge is 0.384 e. The van der Waals surface area contributed by atoms with Gasteiger partial charge in [0.05, 0.1) is 12.1 Å². The highest BCUT2D eigenvalue weighted by molar-refractivity contribution is 5.83. The van der Waals surface area contributed by atoms with E-state index >= 15 is 0 Å². The van der Waals surface area contributed by atoms with E-state index in [1.54, 1.807) is 30.5 Å². The molecule has 1 aliphatic heterocycles. The molecule has 0 radical (unpaired) electrons. The van der Waals surface area contributed by atoms with Crippen molar-refractivity contribution in [2.75, 3.05) is 5.73 Å². The number of anilines is 1. The number of nitrogens with two attached hydrogens (primary N) is 1. The minimum atomic E-state index is -0.774. The predicted octanol–water partition coefficient (Wildman–Crippen LogP) is 2.26. The van der Waals surface area contributed by atoms with Crippen LogP contribution in [0.4, 0.5) is 10.2 Å². The number of hydrogen-bond donors (Lipinski definition) is 3. The molecule has 1 aromatic carbocycles. The summed E-state index contributed by atoms with van der Waals surface area (Å²) in [6.07, 6.45) is 2.76. The summed E-state index contributed by atoms with van der Waals surface area (Å²) in [7, 11) is 0. The van der Waals surface area contributed by atoms with Crippen molar-refractivity contribution < 1.29 is 9.18 Å². The van der Waals surface area contributed by atoms with Crippen LogP contribution < -0.4 is 16.4 Å². The van der Waals surface area contributed by atoms with Crippen LogP contribution in [0.2, 0.25) is 0 Å². The number of nitrogens with zero attached hydrogens (tertiary/aromatic N) is 2. The predicted molar refractivity (Wildman–Crippen MR) is 110 cm³/mol. The Bertz CT molecular complexity index is 1030. The number of piperidine rings is 1. The molecule has 5 rings (SSSR count). The highest BCUT2D eigenvalue weighted by atomic mass is 19.1. The second kappa shape index (κ2) is 7.06. The minimum Gasteiger partial charge on any atom is -0.384 e. The normalized spacial score (nSPS) is 31.6. The van der Waals surface area contributed by atoms with Gasteiger partial charge in [0.25, 0.3) is 0 Å². The van der Waals surface area contributed by atoms with Gasteiger partial charge in [0.1, 0.15) is 17.7 Å². The van der Waals surface area contributed by atoms with E-state index in [1.807, 2.05) is 0 Å². The van der Waals surface area contributed by atoms with E-state index in [0.29, 0.717) is 40.7 Å². The van der Waals surface area contributed by atoms with Crippen molar-refractivity contribution in [2.24, 2.45) is 23.7 Å². The van der Waals surface area contributed by atoms with Crippen LogP contribution in [-0.4, -0.2) is 29.0 Å². The van der Waals surface area contributed by atoms with Crippen molar-refractivity contribution in [2.45, 2.75) is 37.9 Å². The van der Waals surface area contributed by atoms with Gasteiger partial charge in [-0.05, 0) is 59.4 Å². The number of carbonyl (C=O) groups excluding carboxylic acids is 1. The number of halogens is 1. The molecule has 1 aromatic heterocycles. The van der Waals surface area contributed by atoms with Gasteiger partial charge >= 0.3 is 0 Å². The Morgan fingerprint density at radius 2 is 2.17 bits per heavy atom. The molecule has 2 heterocycles. The number of pyridine rings is 1. The quantitative estimate of drug-likeness (QED) is 0.708. The fraction of sp³-hybridized carbons (Fsp3) is 0.435. The summed E-state index contributed by atoms with van der Waals surface area (Å²) in [5.41, 5.74) is 7.43. The Kier molecular flexibility index (Phi) is 4.48. The number of hydrogen-bond acceptors (Lipinski definition) is 5. The van der Waals surface area contributed by atoms with Crippen LogP contribution in [0.5, 0.6) is 0 Å². The van der Waals surface area contributed by atoms with E-state index in [1.165, 1.54) is 6.07 Å². The van der Waals surface area contributed by atoms with Crippen molar-refractivity contribution in [1.29, 1.82) is 5.26 Å². The summed E-state index contributed by atoms with van der Waals surface area (Å²) < 4.78 is 14.7. The third kappa shape index (κ3) is 3.12. The van der Waals surface area contributed by atoms with Crippen LogP contribution >= 0.6 is 0 Å². The fourth-order valence-electron chi connectivity index (χ4n) is 5.68. The summed E-state index contributed by atoms with van der Waals surface area (Å²) in [5, 5.41) is 15.8. The molecule has 6 nitrogen and oxygen atoms in total. The van der Waals surface area contributed by atoms with Crippen LogP contribution in [0, 0.1) is 40.8 Å². The molecular formula is C23H24FN5O. The number of aromatic nitrogens is 1. The fourth-order valence-corrected chi connectivity index (χ4v) is 5.68. The van der Waals surface area contributed by atoms with Crippen molar-refractivity contribution in [3.05, 3.63) is 47.9 Å². The van der Waals surface area contributed by atoms with Crippen LogP contribution in [0.1, 0.15) is 18.9 Å². The van der Waals surface area contributed by atoms with Gasteiger partial charge in [-0.25, -0.2) is 9.37 Å². The standard InChI is InChI=1S/C23H24FN5O/c1-11-20-16-8-18(21(11)20)29-22(16)23(30)28-15(9-25)6-13-3-2-12(7-17(13)24)14-4-5-19(26)27-10-14/h2-5,7,10-11,15-16,18,20-22,29H,6,8H2,1H3,(H2,26,27)(H,28,30)/t11-,15-,16+,18-,20-,21+,22-/m0/s1. The van der Waals surface area contributed by atoms with E-state index in [-0.39, 0.29) is 18.4 Å². The molecule has 3 aliphatic rings. The lowest BCUT2D eigenvalue weighted by Crippen LogP contribution is -2.51. The van der Waals surface area contributed by atoms with Gasteiger partial charge in [0.2, 0.25) is 5.91 Å². The van der Waals surface area contributed by atoms with E-state index in [9.17, 15) is 14.4 Å². The van der Waals surface area contributed by atoms with Gasteiger partial charge in [-0.2, -0.15) is 5.26 Å². The molecule has 2 saturated carbocycles. The molecule has 1 amide bonds. The number of fused-ring (bicyclic) bond motifs is 5. The minimum absolute atomic E-state index is 0.123. The summed E-state index contributed by atoms with van der Waals surface area (Å²) in [5.74, 6) is 2.26. The average molecular weight is 405 g/mol. The Hall–Kier alpha value is -2.98. The lowest BCUT2D eigenvalue weighted by Gasteiger charge is -2.23. The molecule has 0 spiro atoms. The highest BCUT2D eigenvalue weighted by Gasteiger charge is 2.67. The molecule has 3 fully saturated rings. The van der Waals surface area contributed by atoms with E-state index in [0.717, 1.165) is 17.9 Å². The van der Waals surface area contributed by atoms with Gasteiger partial charge in [0, 0.05) is 24.2 Å². The molecule has 30 heavy (non-hydrogen) atoms. The van der Waals surface area contributed by atoms with Crippen LogP contribution in [0.15, 0.2) is 36.5 Å². The second-order valence-corrected chi connectivity index (χ2v) is 8.84. The van der Waals surface area contributed by atoms with Crippen molar-refractivity contribution >= 4 is 11.7 Å².